The van der Waals surface area contributed by atoms with E-state index >= 15 is 0 Å². The average molecular weight is 569 g/mol. The highest BCUT2D eigenvalue weighted by molar-refractivity contribution is 7.92. The van der Waals surface area contributed by atoms with Crippen LogP contribution in [0.1, 0.15) is 17.0 Å². The number of hydrazone groups is 1. The second-order valence-corrected chi connectivity index (χ2v) is 10.9. The quantitative estimate of drug-likeness (QED) is 0.221. The number of hydrogen-bond acceptors (Lipinski definition) is 5. The van der Waals surface area contributed by atoms with Gasteiger partial charge in [-0.2, -0.15) is 5.10 Å². The molecule has 0 saturated carbocycles. The third-order valence-corrected chi connectivity index (χ3v) is 7.99. The van der Waals surface area contributed by atoms with E-state index < -0.39 is 22.5 Å². The zero-order chi connectivity index (χ0) is 28.2. The minimum Gasteiger partial charge on any atom is -0.495 e. The lowest BCUT2D eigenvalue weighted by atomic mass is 10.2. The van der Waals surface area contributed by atoms with Gasteiger partial charge in [-0.3, -0.25) is 9.10 Å². The zero-order valence-corrected chi connectivity index (χ0v) is 23.0. The van der Waals surface area contributed by atoms with Crippen LogP contribution in [-0.2, 0) is 14.8 Å². The maximum Gasteiger partial charge on any atom is 0.264 e. The van der Waals surface area contributed by atoms with E-state index in [1.807, 2.05) is 24.5 Å². The van der Waals surface area contributed by atoms with E-state index in [4.69, 9.17) is 16.3 Å². The molecule has 4 aromatic rings. The van der Waals surface area contributed by atoms with Gasteiger partial charge in [0.05, 0.1) is 23.9 Å². The van der Waals surface area contributed by atoms with E-state index in [9.17, 15) is 17.6 Å². The molecular formula is C28H26ClFN4O4S. The van der Waals surface area contributed by atoms with Crippen LogP contribution in [0.4, 0.5) is 10.1 Å². The lowest BCUT2D eigenvalue weighted by molar-refractivity contribution is -0.119. The first kappa shape index (κ1) is 27.9. The molecule has 1 heterocycles. The number of sulfonamides is 1. The van der Waals surface area contributed by atoms with Crippen molar-refractivity contribution in [3.05, 3.63) is 107 Å². The SMILES string of the molecule is COc1ccc(Cl)cc1N(CC(=O)N/N=C\c1cc(C)n(-c2ccc(F)cc2)c1C)S(=O)(=O)c1ccccc1. The number of carbonyl (C=O) groups is 1. The summed E-state index contributed by atoms with van der Waals surface area (Å²) in [5.74, 6) is -0.784. The van der Waals surface area contributed by atoms with Crippen molar-refractivity contribution in [1.82, 2.24) is 9.99 Å². The lowest BCUT2D eigenvalue weighted by Crippen LogP contribution is -2.39. The normalized spacial score (nSPS) is 11.5. The summed E-state index contributed by atoms with van der Waals surface area (Å²) < 4.78 is 48.7. The number of benzene rings is 3. The van der Waals surface area contributed by atoms with Gasteiger partial charge in [-0.25, -0.2) is 18.2 Å². The van der Waals surface area contributed by atoms with E-state index in [0.717, 1.165) is 26.9 Å². The molecule has 0 radical (unpaired) electrons. The molecule has 0 saturated heterocycles. The van der Waals surface area contributed by atoms with Crippen molar-refractivity contribution < 1.29 is 22.3 Å². The van der Waals surface area contributed by atoms with Crippen molar-refractivity contribution in [3.63, 3.8) is 0 Å². The van der Waals surface area contributed by atoms with E-state index in [0.29, 0.717) is 0 Å². The van der Waals surface area contributed by atoms with Gasteiger partial charge in [-0.05, 0) is 74.5 Å². The molecule has 0 fully saturated rings. The van der Waals surface area contributed by atoms with Gasteiger partial charge in [0.15, 0.2) is 0 Å². The van der Waals surface area contributed by atoms with Crippen LogP contribution in [0.2, 0.25) is 5.02 Å². The molecule has 8 nitrogen and oxygen atoms in total. The molecule has 0 atom stereocenters. The van der Waals surface area contributed by atoms with E-state index in [2.05, 4.69) is 10.5 Å². The molecular weight excluding hydrogens is 543 g/mol. The molecule has 0 spiro atoms. The molecule has 39 heavy (non-hydrogen) atoms. The van der Waals surface area contributed by atoms with Crippen molar-refractivity contribution in [2.24, 2.45) is 5.10 Å². The number of ether oxygens (including phenoxy) is 1. The molecule has 0 aliphatic heterocycles. The Morgan fingerprint density at radius 3 is 2.44 bits per heavy atom. The number of hydrogen-bond donors (Lipinski definition) is 1. The van der Waals surface area contributed by atoms with Gasteiger partial charge in [0.1, 0.15) is 18.1 Å². The Hall–Kier alpha value is -4.15. The summed E-state index contributed by atoms with van der Waals surface area (Å²) in [7, 11) is -2.77. The number of aryl methyl sites for hydroxylation is 1. The highest BCUT2D eigenvalue weighted by atomic mass is 35.5. The number of anilines is 1. The summed E-state index contributed by atoms with van der Waals surface area (Å²) in [6.45, 7) is 3.19. The standard InChI is InChI=1S/C28H26ClFN4O4S/c1-19-15-21(20(2)34(19)24-12-10-23(30)11-13-24)17-31-32-28(35)18-33(26-16-22(29)9-14-27(26)38-3)39(36,37)25-7-5-4-6-8-25/h4-17H,18H2,1-3H3,(H,32,35)/b31-17-. The first-order valence-electron chi connectivity index (χ1n) is 11.8. The highest BCUT2D eigenvalue weighted by Crippen LogP contribution is 2.34. The fraction of sp³-hybridized carbons (Fsp3) is 0.143. The Balaban J connectivity index is 1.59. The van der Waals surface area contributed by atoms with Gasteiger partial charge in [-0.1, -0.05) is 29.8 Å². The number of nitrogens with zero attached hydrogens (tertiary/aromatic N) is 3. The second-order valence-electron chi connectivity index (χ2n) is 8.57. The fourth-order valence-electron chi connectivity index (χ4n) is 4.12. The Bertz CT molecular complexity index is 1620. The largest absolute Gasteiger partial charge is 0.495 e. The van der Waals surface area contributed by atoms with Gasteiger partial charge in [0.2, 0.25) is 0 Å². The van der Waals surface area contributed by atoms with E-state index in [1.54, 1.807) is 36.4 Å². The molecule has 3 aromatic carbocycles. The number of methoxy groups -OCH3 is 1. The van der Waals surface area contributed by atoms with Gasteiger partial charge in [-0.15, -0.1) is 0 Å². The minimum atomic E-state index is -4.17. The van der Waals surface area contributed by atoms with Crippen LogP contribution in [0.5, 0.6) is 5.75 Å². The predicted molar refractivity (Wildman–Crippen MR) is 150 cm³/mol. The fourth-order valence-corrected chi connectivity index (χ4v) is 5.73. The number of aromatic nitrogens is 1. The minimum absolute atomic E-state index is 0.00318. The van der Waals surface area contributed by atoms with Crippen LogP contribution in [0, 0.1) is 19.7 Å². The van der Waals surface area contributed by atoms with Gasteiger partial charge < -0.3 is 9.30 Å². The molecule has 1 N–H and O–H groups in total. The summed E-state index contributed by atoms with van der Waals surface area (Å²) >= 11 is 6.16. The second kappa shape index (κ2) is 11.7. The number of amides is 1. The van der Waals surface area contributed by atoms with Crippen molar-refractivity contribution in [2.45, 2.75) is 18.7 Å². The Morgan fingerprint density at radius 1 is 1.08 bits per heavy atom. The third kappa shape index (κ3) is 6.13. The average Bonchev–Trinajstić information content (AvgIpc) is 3.20. The smallest absolute Gasteiger partial charge is 0.264 e. The molecule has 4 rings (SSSR count). The first-order valence-corrected chi connectivity index (χ1v) is 13.6. The Kier molecular flexibility index (Phi) is 8.37. The molecule has 0 bridgehead atoms. The molecule has 11 heteroatoms. The van der Waals surface area contributed by atoms with Crippen LogP contribution in [0.15, 0.2) is 88.9 Å². The topological polar surface area (TPSA) is 93.0 Å². The number of nitrogens with one attached hydrogen (secondary N) is 1. The maximum atomic E-state index is 13.6. The summed E-state index contributed by atoms with van der Waals surface area (Å²) in [4.78, 5) is 12.9. The Labute approximate surface area is 231 Å². The van der Waals surface area contributed by atoms with E-state index in [1.165, 1.54) is 49.7 Å². The third-order valence-electron chi connectivity index (χ3n) is 5.98. The molecule has 1 amide bonds. The van der Waals surface area contributed by atoms with Gasteiger partial charge in [0, 0.05) is 27.7 Å². The molecule has 202 valence electrons. The summed E-state index contributed by atoms with van der Waals surface area (Å²) in [5.41, 5.74) is 5.73. The van der Waals surface area contributed by atoms with Crippen LogP contribution < -0.4 is 14.5 Å². The van der Waals surface area contributed by atoms with Crippen molar-refractivity contribution in [3.8, 4) is 11.4 Å². The predicted octanol–water partition coefficient (Wildman–Crippen LogP) is 5.24. The highest BCUT2D eigenvalue weighted by Gasteiger charge is 2.29. The first-order chi connectivity index (χ1) is 18.6. The van der Waals surface area contributed by atoms with Crippen LogP contribution in [0.25, 0.3) is 5.69 Å². The summed E-state index contributed by atoms with van der Waals surface area (Å²) in [5, 5.41) is 4.32. The number of rotatable bonds is 9. The number of carbonyl (C=O) groups excluding carboxylic acids is 1. The molecule has 0 aliphatic carbocycles. The molecule has 0 unspecified atom stereocenters. The van der Waals surface area contributed by atoms with E-state index in [-0.39, 0.29) is 27.2 Å². The van der Waals surface area contributed by atoms with Gasteiger partial charge >= 0.3 is 0 Å². The van der Waals surface area contributed by atoms with Crippen molar-refractivity contribution in [1.29, 1.82) is 0 Å². The number of halogens is 2. The van der Waals surface area contributed by atoms with Crippen molar-refractivity contribution >= 4 is 39.4 Å². The monoisotopic (exact) mass is 568 g/mol. The molecule has 0 aliphatic rings. The lowest BCUT2D eigenvalue weighted by Gasteiger charge is -2.25. The summed E-state index contributed by atoms with van der Waals surface area (Å²) in [6, 6.07) is 20.2. The van der Waals surface area contributed by atoms with Gasteiger partial charge in [0.25, 0.3) is 15.9 Å². The summed E-state index contributed by atoms with van der Waals surface area (Å²) in [6.07, 6.45) is 1.47. The zero-order valence-electron chi connectivity index (χ0n) is 21.4. The van der Waals surface area contributed by atoms with Crippen molar-refractivity contribution in [2.75, 3.05) is 18.0 Å². The Morgan fingerprint density at radius 2 is 1.77 bits per heavy atom. The molecule has 1 aromatic heterocycles. The van der Waals surface area contributed by atoms with Crippen LogP contribution in [0.3, 0.4) is 0 Å². The van der Waals surface area contributed by atoms with Crippen LogP contribution in [-0.4, -0.2) is 38.8 Å². The van der Waals surface area contributed by atoms with Crippen LogP contribution >= 0.6 is 11.6 Å². The maximum absolute atomic E-state index is 13.6.